The molecule has 1 fully saturated rings. The predicted octanol–water partition coefficient (Wildman–Crippen LogP) is 0.0859. The third kappa shape index (κ3) is 2.08. The summed E-state index contributed by atoms with van der Waals surface area (Å²) in [6.07, 6.45) is 1.81. The van der Waals surface area contributed by atoms with E-state index in [0.29, 0.717) is 0 Å². The summed E-state index contributed by atoms with van der Waals surface area (Å²) >= 11 is 0. The van der Waals surface area contributed by atoms with Gasteiger partial charge in [0, 0.05) is 20.3 Å². The molecule has 5 nitrogen and oxygen atoms in total. The Hall–Kier alpha value is -1.01. The molecular weight excluding hydrogens is 178 g/mol. The molecular formula is C9H14N5. The molecule has 0 saturated carbocycles. The molecule has 0 aliphatic carbocycles. The van der Waals surface area contributed by atoms with Gasteiger partial charge in [0.2, 0.25) is 0 Å². The number of nitrogens with one attached hydrogen (secondary N) is 2. The Kier molecular flexibility index (Phi) is 2.74. The van der Waals surface area contributed by atoms with Gasteiger partial charge in [0.05, 0.1) is 5.69 Å². The maximum absolute atomic E-state index is 4.28. The van der Waals surface area contributed by atoms with Crippen LogP contribution in [0.1, 0.15) is 11.9 Å². The van der Waals surface area contributed by atoms with E-state index >= 15 is 0 Å². The van der Waals surface area contributed by atoms with Crippen molar-refractivity contribution in [3.63, 3.8) is 0 Å². The third-order valence-electron chi connectivity index (χ3n) is 2.00. The highest BCUT2D eigenvalue weighted by molar-refractivity contribution is 5.08. The van der Waals surface area contributed by atoms with Gasteiger partial charge in [-0.3, -0.25) is 4.98 Å². The van der Waals surface area contributed by atoms with Crippen molar-refractivity contribution in [1.29, 1.82) is 0 Å². The van der Waals surface area contributed by atoms with Crippen LogP contribution < -0.4 is 10.9 Å². The molecule has 1 aliphatic rings. The molecule has 2 rings (SSSR count). The van der Waals surface area contributed by atoms with Gasteiger partial charge in [0.1, 0.15) is 12.8 Å². The molecule has 5 heteroatoms. The Morgan fingerprint density at radius 3 is 2.50 bits per heavy atom. The Morgan fingerprint density at radius 1 is 1.21 bits per heavy atom. The predicted molar refractivity (Wildman–Crippen MR) is 53.1 cm³/mol. The van der Waals surface area contributed by atoms with Crippen molar-refractivity contribution < 1.29 is 0 Å². The molecule has 0 aromatic carbocycles. The summed E-state index contributed by atoms with van der Waals surface area (Å²) in [4.78, 5) is 4.28. The summed E-state index contributed by atoms with van der Waals surface area (Å²) in [5.74, 6) is 0. The minimum absolute atomic E-state index is 0.0243. The molecule has 0 atom stereocenters. The summed E-state index contributed by atoms with van der Waals surface area (Å²) in [5, 5.41) is 3.80. The fourth-order valence-corrected chi connectivity index (χ4v) is 1.44. The van der Waals surface area contributed by atoms with Gasteiger partial charge in [0.25, 0.3) is 0 Å². The summed E-state index contributed by atoms with van der Waals surface area (Å²) in [5.41, 5.74) is 7.42. The van der Waals surface area contributed by atoms with Crippen LogP contribution in [0.2, 0.25) is 0 Å². The fourth-order valence-electron chi connectivity index (χ4n) is 1.44. The van der Waals surface area contributed by atoms with E-state index in [1.807, 2.05) is 49.0 Å². The number of hydrazine groups is 2. The second kappa shape index (κ2) is 4.02. The van der Waals surface area contributed by atoms with Crippen LogP contribution in [-0.4, -0.2) is 29.1 Å². The van der Waals surface area contributed by atoms with E-state index in [1.54, 1.807) is 6.20 Å². The van der Waals surface area contributed by atoms with Crippen molar-refractivity contribution in [2.24, 2.45) is 0 Å². The minimum atomic E-state index is 0.0243. The quantitative estimate of drug-likeness (QED) is 0.660. The van der Waals surface area contributed by atoms with Crippen LogP contribution in [0.25, 0.3) is 0 Å². The van der Waals surface area contributed by atoms with E-state index < -0.39 is 0 Å². The SMILES string of the molecule is CN1[CH]N(C)NC(c2ccccn2)N1. The van der Waals surface area contributed by atoms with E-state index in [4.69, 9.17) is 0 Å². The van der Waals surface area contributed by atoms with Gasteiger partial charge in [-0.1, -0.05) is 6.07 Å². The van der Waals surface area contributed by atoms with Crippen LogP contribution in [0.4, 0.5) is 0 Å². The van der Waals surface area contributed by atoms with Crippen molar-refractivity contribution in [2.45, 2.75) is 6.17 Å². The molecule has 1 aliphatic heterocycles. The van der Waals surface area contributed by atoms with E-state index in [-0.39, 0.29) is 6.17 Å². The summed E-state index contributed by atoms with van der Waals surface area (Å²) in [7, 11) is 3.90. The topological polar surface area (TPSA) is 43.4 Å². The highest BCUT2D eigenvalue weighted by Crippen LogP contribution is 2.11. The fraction of sp³-hybridized carbons (Fsp3) is 0.333. The van der Waals surface area contributed by atoms with E-state index in [2.05, 4.69) is 15.8 Å². The van der Waals surface area contributed by atoms with Crippen molar-refractivity contribution in [3.8, 4) is 0 Å². The number of pyridine rings is 1. The first-order valence-electron chi connectivity index (χ1n) is 4.49. The van der Waals surface area contributed by atoms with Crippen LogP contribution in [-0.2, 0) is 0 Å². The molecule has 2 N–H and O–H groups in total. The van der Waals surface area contributed by atoms with Crippen LogP contribution in [0.15, 0.2) is 24.4 Å². The van der Waals surface area contributed by atoms with Gasteiger partial charge in [-0.2, -0.15) is 0 Å². The summed E-state index contributed by atoms with van der Waals surface area (Å²) < 4.78 is 0. The molecule has 14 heavy (non-hydrogen) atoms. The smallest absolute Gasteiger partial charge is 0.126 e. The molecule has 2 heterocycles. The average molecular weight is 192 g/mol. The Labute approximate surface area is 83.7 Å². The monoisotopic (exact) mass is 192 g/mol. The molecule has 0 unspecified atom stereocenters. The first-order chi connectivity index (χ1) is 6.75. The highest BCUT2D eigenvalue weighted by Gasteiger charge is 2.21. The average Bonchev–Trinajstić information content (AvgIpc) is 2.18. The third-order valence-corrected chi connectivity index (χ3v) is 2.00. The van der Waals surface area contributed by atoms with E-state index in [0.717, 1.165) is 5.69 Å². The van der Waals surface area contributed by atoms with Gasteiger partial charge < -0.3 is 0 Å². The van der Waals surface area contributed by atoms with Gasteiger partial charge >= 0.3 is 0 Å². The molecule has 1 saturated heterocycles. The minimum Gasteiger partial charge on any atom is -0.258 e. The lowest BCUT2D eigenvalue weighted by Gasteiger charge is -2.37. The first kappa shape index (κ1) is 9.54. The van der Waals surface area contributed by atoms with Gasteiger partial charge in [0.15, 0.2) is 0 Å². The number of hydrogen-bond donors (Lipinski definition) is 2. The van der Waals surface area contributed by atoms with Crippen LogP contribution >= 0.6 is 0 Å². The molecule has 0 amide bonds. The zero-order valence-electron chi connectivity index (χ0n) is 8.31. The molecule has 1 radical (unpaired) electrons. The normalized spacial score (nSPS) is 21.3. The van der Waals surface area contributed by atoms with Crippen molar-refractivity contribution in [2.75, 3.05) is 14.1 Å². The second-order valence-electron chi connectivity index (χ2n) is 3.28. The summed E-state index contributed by atoms with van der Waals surface area (Å²) in [6.45, 7) is 1.92. The summed E-state index contributed by atoms with van der Waals surface area (Å²) in [6, 6.07) is 5.87. The molecule has 1 aromatic heterocycles. The van der Waals surface area contributed by atoms with E-state index in [9.17, 15) is 0 Å². The molecule has 0 spiro atoms. The first-order valence-corrected chi connectivity index (χ1v) is 4.49. The van der Waals surface area contributed by atoms with Crippen LogP contribution in [0, 0.1) is 6.67 Å². The Bertz CT molecular complexity index is 279. The maximum atomic E-state index is 4.28. The largest absolute Gasteiger partial charge is 0.258 e. The lowest BCUT2D eigenvalue weighted by atomic mass is 10.3. The van der Waals surface area contributed by atoms with Gasteiger partial charge in [-0.25, -0.2) is 20.9 Å². The van der Waals surface area contributed by atoms with Gasteiger partial charge in [-0.15, -0.1) is 0 Å². The zero-order valence-corrected chi connectivity index (χ0v) is 8.31. The zero-order chi connectivity index (χ0) is 9.97. The molecule has 1 aromatic rings. The van der Waals surface area contributed by atoms with E-state index in [1.165, 1.54) is 0 Å². The van der Waals surface area contributed by atoms with Crippen molar-refractivity contribution in [1.82, 2.24) is 25.9 Å². The molecule has 0 bridgehead atoms. The lowest BCUT2D eigenvalue weighted by Crippen LogP contribution is -2.56. The van der Waals surface area contributed by atoms with Crippen LogP contribution in [0.3, 0.4) is 0 Å². The van der Waals surface area contributed by atoms with Crippen molar-refractivity contribution in [3.05, 3.63) is 36.8 Å². The Balaban J connectivity index is 2.11. The van der Waals surface area contributed by atoms with Gasteiger partial charge in [-0.05, 0) is 12.1 Å². The number of rotatable bonds is 1. The lowest BCUT2D eigenvalue weighted by molar-refractivity contribution is 0.0362. The maximum Gasteiger partial charge on any atom is 0.126 e. The Morgan fingerprint density at radius 2 is 1.93 bits per heavy atom. The number of aromatic nitrogens is 1. The standard InChI is InChI=1S/C9H14N5/c1-13-7-14(2)12-9(11-13)8-5-3-4-6-10-8/h3-7,9,11-12H,1-2H3. The highest BCUT2D eigenvalue weighted by atomic mass is 15.7. The number of hydrogen-bond acceptors (Lipinski definition) is 5. The van der Waals surface area contributed by atoms with Crippen LogP contribution in [0.5, 0.6) is 0 Å². The molecule has 75 valence electrons. The number of nitrogens with zero attached hydrogens (tertiary/aromatic N) is 3. The van der Waals surface area contributed by atoms with Crippen molar-refractivity contribution >= 4 is 0 Å². The second-order valence-corrected chi connectivity index (χ2v) is 3.28.